The van der Waals surface area contributed by atoms with Crippen molar-refractivity contribution < 1.29 is 9.53 Å². The summed E-state index contributed by atoms with van der Waals surface area (Å²) >= 11 is 0. The molecule has 3 rings (SSSR count). The summed E-state index contributed by atoms with van der Waals surface area (Å²) in [6.07, 6.45) is 5.13. The highest BCUT2D eigenvalue weighted by Gasteiger charge is 2.57. The molecule has 0 radical (unpaired) electrons. The molecule has 2 fully saturated rings. The fraction of sp³-hybridized carbons (Fsp3) is 0.714. The summed E-state index contributed by atoms with van der Waals surface area (Å²) in [4.78, 5) is 12.3. The normalized spacial score (nSPS) is 22.6. The summed E-state index contributed by atoms with van der Waals surface area (Å²) in [5, 5.41) is 10.6. The molecule has 1 aliphatic carbocycles. The van der Waals surface area contributed by atoms with Crippen LogP contribution in [0.5, 0.6) is 0 Å². The molecule has 21 heavy (non-hydrogen) atoms. The maximum absolute atomic E-state index is 12.3. The van der Waals surface area contributed by atoms with Crippen molar-refractivity contribution >= 4 is 24.1 Å². The third kappa shape index (κ3) is 3.56. The number of halogens is 1. The van der Waals surface area contributed by atoms with Crippen LogP contribution in [0.15, 0.2) is 12.3 Å². The average molecular weight is 315 g/mol. The van der Waals surface area contributed by atoms with Crippen molar-refractivity contribution in [2.24, 2.45) is 11.3 Å². The smallest absolute Gasteiger partial charge is 0.229 e. The van der Waals surface area contributed by atoms with Crippen molar-refractivity contribution in [3.8, 4) is 0 Å². The Balaban J connectivity index is 0.00000161. The van der Waals surface area contributed by atoms with Crippen molar-refractivity contribution in [1.82, 2.24) is 15.1 Å². The first-order chi connectivity index (χ1) is 9.73. The molecular weight excluding hydrogens is 292 g/mol. The van der Waals surface area contributed by atoms with Crippen molar-refractivity contribution in [2.75, 3.05) is 32.1 Å². The molecule has 1 saturated carbocycles. The van der Waals surface area contributed by atoms with Crippen LogP contribution < -0.4 is 10.6 Å². The van der Waals surface area contributed by atoms with Gasteiger partial charge in [0.1, 0.15) is 0 Å². The van der Waals surface area contributed by atoms with Gasteiger partial charge in [0.2, 0.25) is 5.91 Å². The van der Waals surface area contributed by atoms with E-state index in [0.29, 0.717) is 19.0 Å². The SMILES string of the molecule is COCCn1ccc(NC(=O)C2CC23CCNCC3)n1.Cl. The van der Waals surface area contributed by atoms with Crippen LogP contribution in [0.4, 0.5) is 5.82 Å². The lowest BCUT2D eigenvalue weighted by atomic mass is 9.92. The molecule has 1 aromatic heterocycles. The van der Waals surface area contributed by atoms with Crippen LogP contribution in [0.2, 0.25) is 0 Å². The second kappa shape index (κ2) is 6.77. The second-order valence-electron chi connectivity index (χ2n) is 5.82. The number of methoxy groups -OCH3 is 1. The number of hydrogen-bond acceptors (Lipinski definition) is 4. The molecule has 118 valence electrons. The van der Waals surface area contributed by atoms with Gasteiger partial charge in [-0.3, -0.25) is 9.48 Å². The topological polar surface area (TPSA) is 68.2 Å². The molecular formula is C14H23ClN4O2. The van der Waals surface area contributed by atoms with Crippen LogP contribution in [0.3, 0.4) is 0 Å². The third-order valence-electron chi connectivity index (χ3n) is 4.52. The number of anilines is 1. The summed E-state index contributed by atoms with van der Waals surface area (Å²) in [6.45, 7) is 3.39. The molecule has 2 N–H and O–H groups in total. The van der Waals surface area contributed by atoms with E-state index >= 15 is 0 Å². The van der Waals surface area contributed by atoms with Gasteiger partial charge < -0.3 is 15.4 Å². The van der Waals surface area contributed by atoms with E-state index in [4.69, 9.17) is 4.74 Å². The molecule has 6 nitrogen and oxygen atoms in total. The number of carbonyl (C=O) groups is 1. The Bertz CT molecular complexity index is 485. The lowest BCUT2D eigenvalue weighted by molar-refractivity contribution is -0.118. The van der Waals surface area contributed by atoms with Crippen LogP contribution in [0.25, 0.3) is 0 Å². The van der Waals surface area contributed by atoms with E-state index in [1.807, 2.05) is 12.3 Å². The first-order valence-corrected chi connectivity index (χ1v) is 7.27. The summed E-state index contributed by atoms with van der Waals surface area (Å²) in [5.74, 6) is 0.944. The third-order valence-corrected chi connectivity index (χ3v) is 4.52. The zero-order chi connectivity index (χ0) is 14.0. The molecule has 2 heterocycles. The van der Waals surface area contributed by atoms with Gasteiger partial charge >= 0.3 is 0 Å². The van der Waals surface area contributed by atoms with Gasteiger partial charge in [-0.1, -0.05) is 0 Å². The number of aromatic nitrogens is 2. The number of carbonyl (C=O) groups excluding carboxylic acids is 1. The van der Waals surface area contributed by atoms with Crippen LogP contribution in [0.1, 0.15) is 19.3 Å². The van der Waals surface area contributed by atoms with E-state index < -0.39 is 0 Å². The maximum atomic E-state index is 12.3. The molecule has 2 aliphatic rings. The Morgan fingerprint density at radius 2 is 2.33 bits per heavy atom. The molecule has 1 atom stereocenters. The average Bonchev–Trinajstić information content (AvgIpc) is 2.95. The number of nitrogens with zero attached hydrogens (tertiary/aromatic N) is 2. The van der Waals surface area contributed by atoms with E-state index in [2.05, 4.69) is 15.7 Å². The Labute approximate surface area is 131 Å². The summed E-state index contributed by atoms with van der Waals surface area (Å²) < 4.78 is 6.79. The minimum atomic E-state index is 0. The predicted molar refractivity (Wildman–Crippen MR) is 82.6 cm³/mol. The number of hydrogen-bond donors (Lipinski definition) is 2. The minimum absolute atomic E-state index is 0. The summed E-state index contributed by atoms with van der Waals surface area (Å²) in [5.41, 5.74) is 0.272. The molecule has 1 spiro atoms. The molecule has 1 amide bonds. The van der Waals surface area contributed by atoms with Crippen LogP contribution in [-0.4, -0.2) is 42.5 Å². The molecule has 1 saturated heterocycles. The number of rotatable bonds is 5. The highest BCUT2D eigenvalue weighted by Crippen LogP contribution is 2.58. The zero-order valence-corrected chi connectivity index (χ0v) is 13.1. The molecule has 1 unspecified atom stereocenters. The molecule has 0 aromatic carbocycles. The summed E-state index contributed by atoms with van der Waals surface area (Å²) in [7, 11) is 1.66. The van der Waals surface area contributed by atoms with Gasteiger partial charge in [0, 0.05) is 25.3 Å². The van der Waals surface area contributed by atoms with Gasteiger partial charge in [0.05, 0.1) is 13.2 Å². The molecule has 1 aromatic rings. The summed E-state index contributed by atoms with van der Waals surface area (Å²) in [6, 6.07) is 1.84. The fourth-order valence-corrected chi connectivity index (χ4v) is 3.15. The van der Waals surface area contributed by atoms with E-state index in [9.17, 15) is 4.79 Å². The minimum Gasteiger partial charge on any atom is -0.383 e. The number of ether oxygens (including phenoxy) is 1. The number of piperidine rings is 1. The Morgan fingerprint density at radius 1 is 1.57 bits per heavy atom. The predicted octanol–water partition coefficient (Wildman–Crippen LogP) is 1.28. The zero-order valence-electron chi connectivity index (χ0n) is 12.3. The highest BCUT2D eigenvalue weighted by molar-refractivity contribution is 5.94. The standard InChI is InChI=1S/C14H22N4O2.ClH/c1-20-9-8-18-7-2-12(17-18)16-13(19)11-10-14(11)3-5-15-6-4-14;/h2,7,11,15H,3-6,8-10H2,1H3,(H,16,17,19);1H. The van der Waals surface area contributed by atoms with Crippen molar-refractivity contribution in [2.45, 2.75) is 25.8 Å². The fourth-order valence-electron chi connectivity index (χ4n) is 3.15. The van der Waals surface area contributed by atoms with Crippen molar-refractivity contribution in [3.63, 3.8) is 0 Å². The monoisotopic (exact) mass is 314 g/mol. The van der Waals surface area contributed by atoms with Crippen molar-refractivity contribution in [3.05, 3.63) is 12.3 Å². The Hall–Kier alpha value is -1.11. The Kier molecular flexibility index (Phi) is 5.24. The quantitative estimate of drug-likeness (QED) is 0.859. The van der Waals surface area contributed by atoms with Gasteiger partial charge in [-0.05, 0) is 37.8 Å². The van der Waals surface area contributed by atoms with Gasteiger partial charge in [-0.15, -0.1) is 12.4 Å². The van der Waals surface area contributed by atoms with Crippen LogP contribution in [-0.2, 0) is 16.1 Å². The first-order valence-electron chi connectivity index (χ1n) is 7.27. The Morgan fingerprint density at radius 3 is 3.05 bits per heavy atom. The second-order valence-corrected chi connectivity index (χ2v) is 5.82. The molecule has 7 heteroatoms. The molecule has 0 bridgehead atoms. The lowest BCUT2D eigenvalue weighted by Gasteiger charge is -2.23. The van der Waals surface area contributed by atoms with Crippen LogP contribution in [0, 0.1) is 11.3 Å². The van der Waals surface area contributed by atoms with E-state index in [1.165, 1.54) is 0 Å². The van der Waals surface area contributed by atoms with Gasteiger partial charge in [-0.2, -0.15) is 5.10 Å². The largest absolute Gasteiger partial charge is 0.383 e. The van der Waals surface area contributed by atoms with E-state index in [1.54, 1.807) is 11.8 Å². The van der Waals surface area contributed by atoms with Gasteiger partial charge in [0.15, 0.2) is 5.82 Å². The molecule has 1 aliphatic heterocycles. The number of amides is 1. The van der Waals surface area contributed by atoms with Crippen molar-refractivity contribution in [1.29, 1.82) is 0 Å². The van der Waals surface area contributed by atoms with Gasteiger partial charge in [-0.25, -0.2) is 0 Å². The van der Waals surface area contributed by atoms with E-state index in [0.717, 1.165) is 32.4 Å². The highest BCUT2D eigenvalue weighted by atomic mass is 35.5. The lowest BCUT2D eigenvalue weighted by Crippen LogP contribution is -2.31. The van der Waals surface area contributed by atoms with Crippen LogP contribution >= 0.6 is 12.4 Å². The maximum Gasteiger partial charge on any atom is 0.229 e. The first kappa shape index (κ1) is 16.3. The number of nitrogens with one attached hydrogen (secondary N) is 2. The van der Waals surface area contributed by atoms with Gasteiger partial charge in [0.25, 0.3) is 0 Å². The van der Waals surface area contributed by atoms with E-state index in [-0.39, 0.29) is 29.6 Å².